The first kappa shape index (κ1) is 42.8. The van der Waals surface area contributed by atoms with Crippen LogP contribution in [-0.2, 0) is 0 Å². The van der Waals surface area contributed by atoms with Crippen molar-refractivity contribution < 1.29 is 18.1 Å². The quantitative estimate of drug-likeness (QED) is 0.127. The summed E-state index contributed by atoms with van der Waals surface area (Å²) in [6.07, 6.45) is 5.65. The molecule has 76 heavy (non-hydrogen) atoms. The minimum Gasteiger partial charge on any atom is -0.334 e. The average Bonchev–Trinajstić information content (AvgIpc) is 4.36. The van der Waals surface area contributed by atoms with Crippen molar-refractivity contribution in [3.63, 3.8) is 0 Å². The van der Waals surface area contributed by atoms with Gasteiger partial charge in [-0.3, -0.25) is 0 Å². The Morgan fingerprint density at radius 1 is 0.263 bits per heavy atom. The Morgan fingerprint density at radius 3 is 0.987 bits per heavy atom. The van der Waals surface area contributed by atoms with E-state index in [9.17, 15) is 0 Å². The van der Waals surface area contributed by atoms with E-state index in [4.69, 9.17) is 18.1 Å². The number of nitrogens with zero attached hydrogens (tertiary/aromatic N) is 10. The van der Waals surface area contributed by atoms with E-state index in [-0.39, 0.29) is 0 Å². The van der Waals surface area contributed by atoms with Crippen molar-refractivity contribution in [2.45, 2.75) is 0 Å². The molecule has 0 saturated carbocycles. The zero-order valence-corrected chi connectivity index (χ0v) is 39.9. The maximum Gasteiger partial charge on any atom is 0.257 e. The molecular weight excluding hydrogens is 949 g/mol. The van der Waals surface area contributed by atoms with Crippen LogP contribution >= 0.6 is 0 Å². The second-order valence-corrected chi connectivity index (χ2v) is 18.4. The number of fused-ring (bicyclic) bond motifs is 7. The van der Waals surface area contributed by atoms with Crippen LogP contribution in [0.25, 0.3) is 145 Å². The number of benzene rings is 9. The molecule has 15 rings (SSSR count). The summed E-state index contributed by atoms with van der Waals surface area (Å²) in [6.45, 7) is 0. The molecule has 14 nitrogen and oxygen atoms in total. The first-order valence-electron chi connectivity index (χ1n) is 24.4. The van der Waals surface area contributed by atoms with Gasteiger partial charge in [0.05, 0.1) is 22.1 Å². The van der Waals surface area contributed by atoms with Gasteiger partial charge >= 0.3 is 0 Å². The number of hydrogen-bond acceptors (Lipinski definition) is 12. The van der Waals surface area contributed by atoms with Crippen molar-refractivity contribution in [2.75, 3.05) is 0 Å². The lowest BCUT2D eigenvalue weighted by molar-refractivity contribution is 0.430. The molecule has 0 aliphatic rings. The average molecular weight is 985 g/mol. The minimum atomic E-state index is 0.463. The molecule has 15 aromatic rings. The summed E-state index contributed by atoms with van der Waals surface area (Å²) in [4.78, 5) is 17.1. The lowest BCUT2D eigenvalue weighted by atomic mass is 9.96. The topological polar surface area (TPSA) is 166 Å². The Morgan fingerprint density at radius 2 is 0.605 bits per heavy atom. The molecule has 0 spiro atoms. The summed E-state index contributed by atoms with van der Waals surface area (Å²) in [5.41, 5.74) is 17.9. The van der Waals surface area contributed by atoms with Gasteiger partial charge in [-0.2, -0.15) is 19.9 Å². The molecule has 14 heteroatoms. The molecule has 0 amide bonds. The molecule has 0 unspecified atom stereocenters. The van der Waals surface area contributed by atoms with Crippen molar-refractivity contribution >= 4 is 43.6 Å². The van der Waals surface area contributed by atoms with Gasteiger partial charge in [0.15, 0.2) is 25.3 Å². The van der Waals surface area contributed by atoms with Crippen molar-refractivity contribution in [3.05, 3.63) is 219 Å². The lowest BCUT2D eigenvalue weighted by Crippen LogP contribution is -1.98. The highest BCUT2D eigenvalue weighted by Gasteiger charge is 2.23. The van der Waals surface area contributed by atoms with Gasteiger partial charge < -0.3 is 27.2 Å². The number of aromatic nitrogens is 10. The predicted octanol–water partition coefficient (Wildman–Crippen LogP) is 14.7. The second-order valence-electron chi connectivity index (χ2n) is 18.4. The predicted molar refractivity (Wildman–Crippen MR) is 290 cm³/mol. The summed E-state index contributed by atoms with van der Waals surface area (Å²) in [5.74, 6) is 1.85. The highest BCUT2D eigenvalue weighted by atomic mass is 16.5. The van der Waals surface area contributed by atoms with Crippen LogP contribution in [0, 0.1) is 0 Å². The van der Waals surface area contributed by atoms with E-state index in [2.05, 4.69) is 195 Å². The Labute approximate surface area is 430 Å². The fourth-order valence-corrected chi connectivity index (χ4v) is 10.6. The van der Waals surface area contributed by atoms with Gasteiger partial charge in [-0.05, 0) is 148 Å². The molecule has 0 aliphatic heterocycles. The number of para-hydroxylation sites is 2. The van der Waals surface area contributed by atoms with E-state index >= 15 is 0 Å². The van der Waals surface area contributed by atoms with Gasteiger partial charge in [0.2, 0.25) is 0 Å². The van der Waals surface area contributed by atoms with Gasteiger partial charge in [-0.1, -0.05) is 112 Å². The van der Waals surface area contributed by atoms with Gasteiger partial charge in [0.1, 0.15) is 0 Å². The molecule has 0 aliphatic carbocycles. The third-order valence-electron chi connectivity index (χ3n) is 14.1. The Hall–Kier alpha value is -10.9. The smallest absolute Gasteiger partial charge is 0.257 e. The zero-order chi connectivity index (χ0) is 50.1. The van der Waals surface area contributed by atoms with E-state index in [1.807, 2.05) is 48.5 Å². The Bertz CT molecular complexity index is 4390. The first-order chi connectivity index (χ1) is 37.6. The van der Waals surface area contributed by atoms with E-state index in [0.717, 1.165) is 122 Å². The zero-order valence-electron chi connectivity index (χ0n) is 39.9. The summed E-state index contributed by atoms with van der Waals surface area (Å²) in [5, 5.41) is 19.9. The Balaban J connectivity index is 0.959. The highest BCUT2D eigenvalue weighted by Crippen LogP contribution is 2.44. The van der Waals surface area contributed by atoms with Gasteiger partial charge in [0.25, 0.3) is 23.6 Å². The van der Waals surface area contributed by atoms with E-state index in [1.165, 1.54) is 25.3 Å². The van der Waals surface area contributed by atoms with Crippen molar-refractivity contribution in [1.82, 2.24) is 49.7 Å². The van der Waals surface area contributed by atoms with E-state index in [0.29, 0.717) is 23.6 Å². The molecule has 0 radical (unpaired) electrons. The molecular formula is C62H36N10O4. The van der Waals surface area contributed by atoms with Crippen LogP contribution in [0.1, 0.15) is 0 Å². The molecule has 0 atom stereocenters. The lowest BCUT2D eigenvalue weighted by Gasteiger charge is -2.15. The summed E-state index contributed by atoms with van der Waals surface area (Å²) in [6, 6.07) is 68.4. The van der Waals surface area contributed by atoms with E-state index < -0.39 is 0 Å². The third-order valence-corrected chi connectivity index (χ3v) is 14.1. The molecule has 0 N–H and O–H groups in total. The second kappa shape index (κ2) is 17.4. The van der Waals surface area contributed by atoms with Crippen molar-refractivity contribution in [2.24, 2.45) is 0 Å². The van der Waals surface area contributed by atoms with Crippen LogP contribution in [0.4, 0.5) is 0 Å². The molecule has 358 valence electrons. The monoisotopic (exact) mass is 984 g/mol. The highest BCUT2D eigenvalue weighted by molar-refractivity contribution is 6.26. The maximum absolute atomic E-state index is 5.41. The molecule has 0 fully saturated rings. The largest absolute Gasteiger partial charge is 0.334 e. The molecule has 6 aromatic heterocycles. The molecule has 0 saturated heterocycles. The number of hydrogen-bond donors (Lipinski definition) is 0. The van der Waals surface area contributed by atoms with Crippen LogP contribution in [0.5, 0.6) is 0 Å². The molecule has 0 bridgehead atoms. The normalized spacial score (nSPS) is 11.7. The molecule has 9 aromatic carbocycles. The number of rotatable bonds is 10. The standard InChI is InChI=1S/C62H36N10O4/c1-3-7-54-51(5-1)52-25-26-56-57(58(52)72(54)50-31-47(39-13-21-43(22-14-39)61-65-35-69-75-61)28-48(32-50)40-15-23-44(24-16-40)62-66-36-70-76-62)53-6-2-4-8-55(53)71(56)49-29-45(37-9-17-41(18-10-37)59-63-33-67-73-59)27-46(30-49)38-11-19-42(20-12-38)60-64-34-68-74-60/h1-36H. The summed E-state index contributed by atoms with van der Waals surface area (Å²) < 4.78 is 26.5. The van der Waals surface area contributed by atoms with Crippen LogP contribution in [0.15, 0.2) is 238 Å². The van der Waals surface area contributed by atoms with Crippen molar-refractivity contribution in [3.8, 4) is 102 Å². The first-order valence-corrected chi connectivity index (χ1v) is 24.4. The van der Waals surface area contributed by atoms with Crippen LogP contribution in [-0.4, -0.2) is 49.7 Å². The fraction of sp³-hybridized carbons (Fsp3) is 0. The minimum absolute atomic E-state index is 0.463. The van der Waals surface area contributed by atoms with Crippen LogP contribution < -0.4 is 0 Å². The van der Waals surface area contributed by atoms with Crippen molar-refractivity contribution in [1.29, 1.82) is 0 Å². The van der Waals surface area contributed by atoms with Gasteiger partial charge in [-0.25, -0.2) is 0 Å². The van der Waals surface area contributed by atoms with E-state index in [1.54, 1.807) is 0 Å². The summed E-state index contributed by atoms with van der Waals surface area (Å²) in [7, 11) is 0. The fourth-order valence-electron chi connectivity index (χ4n) is 10.6. The molecule has 6 heterocycles. The summed E-state index contributed by atoms with van der Waals surface area (Å²) >= 11 is 0. The van der Waals surface area contributed by atoms with Crippen LogP contribution in [0.2, 0.25) is 0 Å². The van der Waals surface area contributed by atoms with Gasteiger partial charge in [0, 0.05) is 55.2 Å². The Kier molecular flexibility index (Phi) is 9.81. The van der Waals surface area contributed by atoms with Crippen LogP contribution in [0.3, 0.4) is 0 Å². The van der Waals surface area contributed by atoms with Gasteiger partial charge in [-0.15, -0.1) is 0 Å². The SMILES string of the molecule is c1ccc2c(c1)c1c(ccc3c4ccccc4n(-c4cc(-c5ccc(-c6ncno6)cc5)cc(-c5ccc(-c6ncno6)cc5)c4)c31)n2-c1cc(-c2ccc(-c3ncno3)cc2)cc(-c2ccc(-c3ncno3)cc2)c1. The maximum atomic E-state index is 5.41. The third kappa shape index (κ3) is 7.19.